The van der Waals surface area contributed by atoms with E-state index in [1.54, 1.807) is 11.4 Å². The molecule has 0 spiro atoms. The van der Waals surface area contributed by atoms with Crippen molar-refractivity contribution in [1.29, 1.82) is 0 Å². The summed E-state index contributed by atoms with van der Waals surface area (Å²) in [6, 6.07) is 5.43. The Morgan fingerprint density at radius 1 is 1.37 bits per heavy atom. The molecule has 2 rings (SSSR count). The van der Waals surface area contributed by atoms with Gasteiger partial charge in [0.05, 0.1) is 0 Å². The van der Waals surface area contributed by atoms with Crippen LogP contribution >= 0.6 is 22.9 Å². The molecular formula is C14H13ClO3S. The van der Waals surface area contributed by atoms with Gasteiger partial charge in [-0.25, -0.2) is 4.79 Å². The minimum Gasteiger partial charge on any atom is -0.488 e. The number of ether oxygens (including phenoxy) is 1. The highest BCUT2D eigenvalue weighted by Gasteiger charge is 2.13. The van der Waals surface area contributed by atoms with Gasteiger partial charge in [0.2, 0.25) is 0 Å². The number of hydrogen-bond acceptors (Lipinski definition) is 3. The van der Waals surface area contributed by atoms with Crippen molar-refractivity contribution in [3.63, 3.8) is 0 Å². The first kappa shape index (κ1) is 13.9. The van der Waals surface area contributed by atoms with Gasteiger partial charge < -0.3 is 9.84 Å². The molecule has 0 aliphatic rings. The molecule has 0 unspecified atom stereocenters. The molecule has 0 saturated heterocycles. The molecule has 100 valence electrons. The molecular weight excluding hydrogens is 284 g/mol. The van der Waals surface area contributed by atoms with Crippen LogP contribution in [0.2, 0.25) is 5.02 Å². The summed E-state index contributed by atoms with van der Waals surface area (Å²) >= 11 is 7.16. The van der Waals surface area contributed by atoms with Crippen molar-refractivity contribution in [1.82, 2.24) is 0 Å². The Morgan fingerprint density at radius 3 is 2.58 bits per heavy atom. The zero-order valence-electron chi connectivity index (χ0n) is 10.6. The SMILES string of the molecule is Cc1cc(Cl)cc(C)c1OCc1ccsc1C(=O)O. The molecule has 0 saturated carbocycles. The van der Waals surface area contributed by atoms with Crippen LogP contribution in [0.15, 0.2) is 23.6 Å². The van der Waals surface area contributed by atoms with Gasteiger partial charge in [0.25, 0.3) is 0 Å². The molecule has 1 heterocycles. The molecule has 2 aromatic rings. The van der Waals surface area contributed by atoms with Gasteiger partial charge in [-0.15, -0.1) is 11.3 Å². The number of thiophene rings is 1. The quantitative estimate of drug-likeness (QED) is 0.915. The van der Waals surface area contributed by atoms with Gasteiger partial charge in [-0.1, -0.05) is 11.6 Å². The number of carboxylic acids is 1. The van der Waals surface area contributed by atoms with Gasteiger partial charge in [0, 0.05) is 10.6 Å². The van der Waals surface area contributed by atoms with E-state index >= 15 is 0 Å². The molecule has 0 amide bonds. The van der Waals surface area contributed by atoms with Crippen molar-refractivity contribution in [3.8, 4) is 5.75 Å². The van der Waals surface area contributed by atoms with Crippen molar-refractivity contribution in [2.24, 2.45) is 0 Å². The standard InChI is InChI=1S/C14H13ClO3S/c1-8-5-11(15)6-9(2)12(8)18-7-10-3-4-19-13(10)14(16)17/h3-6H,7H2,1-2H3,(H,16,17). The van der Waals surface area contributed by atoms with E-state index in [0.29, 0.717) is 15.5 Å². The molecule has 0 bridgehead atoms. The summed E-state index contributed by atoms with van der Waals surface area (Å²) in [5.41, 5.74) is 2.57. The van der Waals surface area contributed by atoms with E-state index in [4.69, 9.17) is 21.4 Å². The first-order chi connectivity index (χ1) is 8.99. The van der Waals surface area contributed by atoms with E-state index in [2.05, 4.69) is 0 Å². The van der Waals surface area contributed by atoms with Crippen LogP contribution in [-0.4, -0.2) is 11.1 Å². The zero-order valence-corrected chi connectivity index (χ0v) is 12.1. The maximum absolute atomic E-state index is 11.0. The first-order valence-corrected chi connectivity index (χ1v) is 6.94. The number of halogens is 1. The Balaban J connectivity index is 2.19. The third kappa shape index (κ3) is 3.08. The number of benzene rings is 1. The fourth-order valence-electron chi connectivity index (χ4n) is 1.91. The van der Waals surface area contributed by atoms with Crippen LogP contribution in [0.4, 0.5) is 0 Å². The van der Waals surface area contributed by atoms with Gasteiger partial charge in [-0.05, 0) is 48.6 Å². The van der Waals surface area contributed by atoms with Gasteiger partial charge in [-0.3, -0.25) is 0 Å². The van der Waals surface area contributed by atoms with Gasteiger partial charge in [-0.2, -0.15) is 0 Å². The maximum atomic E-state index is 11.0. The highest BCUT2D eigenvalue weighted by atomic mass is 35.5. The molecule has 0 fully saturated rings. The largest absolute Gasteiger partial charge is 0.488 e. The van der Waals surface area contributed by atoms with Crippen LogP contribution in [0.5, 0.6) is 5.75 Å². The number of rotatable bonds is 4. The molecule has 1 aromatic carbocycles. The number of carboxylic acid groups (broad SMARTS) is 1. The summed E-state index contributed by atoms with van der Waals surface area (Å²) in [6.45, 7) is 4.08. The van der Waals surface area contributed by atoms with Crippen LogP contribution in [0.3, 0.4) is 0 Å². The Labute approximate surface area is 120 Å². The summed E-state index contributed by atoms with van der Waals surface area (Å²) < 4.78 is 5.74. The number of hydrogen-bond donors (Lipinski definition) is 1. The molecule has 1 aromatic heterocycles. The van der Waals surface area contributed by atoms with Crippen LogP contribution in [0.1, 0.15) is 26.4 Å². The lowest BCUT2D eigenvalue weighted by molar-refractivity contribution is 0.0699. The van der Waals surface area contributed by atoms with Gasteiger partial charge >= 0.3 is 5.97 Å². The molecule has 1 N–H and O–H groups in total. The van der Waals surface area contributed by atoms with Crippen molar-refractivity contribution in [2.45, 2.75) is 20.5 Å². The molecule has 0 aliphatic carbocycles. The topological polar surface area (TPSA) is 46.5 Å². The van der Waals surface area contributed by atoms with Crippen LogP contribution < -0.4 is 4.74 Å². The van der Waals surface area contributed by atoms with Crippen molar-refractivity contribution < 1.29 is 14.6 Å². The number of aryl methyl sites for hydroxylation is 2. The Morgan fingerprint density at radius 2 is 2.00 bits per heavy atom. The van der Waals surface area contributed by atoms with Crippen LogP contribution in [0, 0.1) is 13.8 Å². The van der Waals surface area contributed by atoms with Crippen LogP contribution in [-0.2, 0) is 6.61 Å². The summed E-state index contributed by atoms with van der Waals surface area (Å²) in [5.74, 6) is -0.162. The second-order valence-electron chi connectivity index (χ2n) is 4.24. The maximum Gasteiger partial charge on any atom is 0.346 e. The monoisotopic (exact) mass is 296 g/mol. The second-order valence-corrected chi connectivity index (χ2v) is 5.59. The Hall–Kier alpha value is -1.52. The third-order valence-electron chi connectivity index (χ3n) is 2.74. The predicted octanol–water partition coefficient (Wildman–Crippen LogP) is 4.30. The number of aromatic carboxylic acids is 1. The van der Waals surface area contributed by atoms with Gasteiger partial charge in [0.1, 0.15) is 17.2 Å². The van der Waals surface area contributed by atoms with Crippen molar-refractivity contribution in [2.75, 3.05) is 0 Å². The van der Waals surface area contributed by atoms with E-state index < -0.39 is 5.97 Å². The lowest BCUT2D eigenvalue weighted by Crippen LogP contribution is -2.03. The zero-order chi connectivity index (χ0) is 14.0. The summed E-state index contributed by atoms with van der Waals surface area (Å²) in [6.07, 6.45) is 0. The Bertz CT molecular complexity index is 596. The average molecular weight is 297 g/mol. The first-order valence-electron chi connectivity index (χ1n) is 5.68. The van der Waals surface area contributed by atoms with E-state index in [-0.39, 0.29) is 6.61 Å². The normalized spacial score (nSPS) is 10.5. The van der Waals surface area contributed by atoms with E-state index in [1.165, 1.54) is 11.3 Å². The molecule has 5 heteroatoms. The average Bonchev–Trinajstić information content (AvgIpc) is 2.75. The molecule has 0 atom stereocenters. The molecule has 19 heavy (non-hydrogen) atoms. The lowest BCUT2D eigenvalue weighted by Gasteiger charge is -2.12. The second kappa shape index (κ2) is 5.63. The number of carbonyl (C=O) groups is 1. The van der Waals surface area contributed by atoms with Crippen LogP contribution in [0.25, 0.3) is 0 Å². The van der Waals surface area contributed by atoms with Crippen molar-refractivity contribution >= 4 is 28.9 Å². The highest BCUT2D eigenvalue weighted by Crippen LogP contribution is 2.28. The molecule has 0 radical (unpaired) electrons. The fourth-order valence-corrected chi connectivity index (χ4v) is 2.99. The lowest BCUT2D eigenvalue weighted by atomic mass is 10.1. The third-order valence-corrected chi connectivity index (χ3v) is 3.90. The predicted molar refractivity (Wildman–Crippen MR) is 76.5 cm³/mol. The smallest absolute Gasteiger partial charge is 0.346 e. The minimum absolute atomic E-state index is 0.244. The highest BCUT2D eigenvalue weighted by molar-refractivity contribution is 7.12. The summed E-state index contributed by atoms with van der Waals surface area (Å²) in [5, 5.41) is 11.5. The van der Waals surface area contributed by atoms with E-state index in [0.717, 1.165) is 16.9 Å². The summed E-state index contributed by atoms with van der Waals surface area (Å²) in [4.78, 5) is 11.3. The van der Waals surface area contributed by atoms with E-state index in [9.17, 15) is 4.79 Å². The molecule has 3 nitrogen and oxygen atoms in total. The van der Waals surface area contributed by atoms with Gasteiger partial charge in [0.15, 0.2) is 0 Å². The Kier molecular flexibility index (Phi) is 4.12. The van der Waals surface area contributed by atoms with E-state index in [1.807, 2.05) is 26.0 Å². The van der Waals surface area contributed by atoms with Crippen molar-refractivity contribution in [3.05, 3.63) is 50.2 Å². The summed E-state index contributed by atoms with van der Waals surface area (Å²) in [7, 11) is 0. The minimum atomic E-state index is -0.918. The molecule has 0 aliphatic heterocycles. The fraction of sp³-hybridized carbons (Fsp3) is 0.214.